The summed E-state index contributed by atoms with van der Waals surface area (Å²) in [5.74, 6) is 0.351. The maximum Gasteiger partial charge on any atom is 0.250 e. The maximum absolute atomic E-state index is 12.9. The van der Waals surface area contributed by atoms with E-state index in [0.717, 1.165) is 5.75 Å². The molecule has 3 aromatic rings. The maximum atomic E-state index is 12.9. The van der Waals surface area contributed by atoms with Crippen molar-refractivity contribution in [2.75, 3.05) is 0 Å². The third kappa shape index (κ3) is 5.28. The lowest BCUT2D eigenvalue weighted by molar-refractivity contribution is 0.442. The first-order valence-corrected chi connectivity index (χ1v) is 17.7. The molecule has 3 rings (SSSR count). The number of fused-ring (bicyclic) bond motifs is 1. The molecule has 0 aliphatic heterocycles. The van der Waals surface area contributed by atoms with Crippen LogP contribution in [0.2, 0.25) is 36.3 Å². The van der Waals surface area contributed by atoms with Crippen LogP contribution in [0.4, 0.5) is 0 Å². The Labute approximate surface area is 209 Å². The molecule has 190 valence electrons. The molecule has 0 fully saturated rings. The normalized spacial score (nSPS) is 13.2. The molecular weight excluding hydrogens is 476 g/mol. The van der Waals surface area contributed by atoms with E-state index >= 15 is 0 Å². The monoisotopic (exact) mass is 514 g/mol. The van der Waals surface area contributed by atoms with E-state index in [4.69, 9.17) is 13.3 Å². The Morgan fingerprint density at radius 2 is 1.26 bits per heavy atom. The van der Waals surface area contributed by atoms with Crippen molar-refractivity contribution < 1.29 is 23.5 Å². The summed E-state index contributed by atoms with van der Waals surface area (Å²) in [5.41, 5.74) is -0.0170. The molecule has 0 aliphatic carbocycles. The molecule has 0 radical (unpaired) electrons. The van der Waals surface area contributed by atoms with Crippen molar-refractivity contribution in [2.24, 2.45) is 0 Å². The predicted octanol–water partition coefficient (Wildman–Crippen LogP) is 7.64. The predicted molar refractivity (Wildman–Crippen MR) is 147 cm³/mol. The lowest BCUT2D eigenvalue weighted by Gasteiger charge is -2.36. The fourth-order valence-corrected chi connectivity index (χ4v) is 5.13. The summed E-state index contributed by atoms with van der Waals surface area (Å²) < 4.78 is 18.6. The smallest absolute Gasteiger partial charge is 0.250 e. The minimum atomic E-state index is -2.19. The fraction of sp³-hybridized carbons (Fsp3) is 0.444. The lowest BCUT2D eigenvalue weighted by atomic mass is 10.1. The van der Waals surface area contributed by atoms with E-state index in [1.807, 2.05) is 12.1 Å². The Balaban J connectivity index is 2.05. The van der Waals surface area contributed by atoms with Gasteiger partial charge in [0.2, 0.25) is 27.8 Å². The molecule has 2 aromatic carbocycles. The average molecular weight is 515 g/mol. The Kier molecular flexibility index (Phi) is 6.72. The van der Waals surface area contributed by atoms with Gasteiger partial charge in [-0.25, -0.2) is 0 Å². The molecule has 0 aliphatic rings. The van der Waals surface area contributed by atoms with Crippen molar-refractivity contribution in [3.63, 3.8) is 0 Å². The highest BCUT2D eigenvalue weighted by Gasteiger charge is 2.40. The van der Waals surface area contributed by atoms with Crippen molar-refractivity contribution in [1.29, 1.82) is 0 Å². The van der Waals surface area contributed by atoms with Crippen LogP contribution in [0, 0.1) is 0 Å². The van der Waals surface area contributed by atoms with Crippen LogP contribution < -0.4 is 14.3 Å². The van der Waals surface area contributed by atoms with Crippen molar-refractivity contribution in [2.45, 2.75) is 77.8 Å². The second-order valence-electron chi connectivity index (χ2n) is 12.2. The summed E-state index contributed by atoms with van der Waals surface area (Å²) in [6, 6.07) is 10.1. The third-order valence-electron chi connectivity index (χ3n) is 7.40. The van der Waals surface area contributed by atoms with Gasteiger partial charge in [0.15, 0.2) is 5.76 Å². The van der Waals surface area contributed by atoms with E-state index in [1.54, 1.807) is 18.2 Å². The van der Waals surface area contributed by atoms with Gasteiger partial charge in [-0.15, -0.1) is 0 Å². The molecule has 0 saturated carbocycles. The number of hydrogen-bond donors (Lipinski definition) is 2. The number of benzene rings is 2. The Morgan fingerprint density at radius 3 is 1.74 bits per heavy atom. The number of rotatable bonds is 5. The van der Waals surface area contributed by atoms with E-state index < -0.39 is 27.8 Å². The Hall–Kier alpha value is -2.72. The van der Waals surface area contributed by atoms with Gasteiger partial charge in [-0.05, 0) is 60.5 Å². The molecule has 2 N–H and O–H groups in total. The average Bonchev–Trinajstić information content (AvgIpc) is 2.68. The summed E-state index contributed by atoms with van der Waals surface area (Å²) in [7, 11) is -4.19. The molecular formula is C27H38O6Si2. The van der Waals surface area contributed by atoms with Crippen LogP contribution in [-0.4, -0.2) is 26.8 Å². The van der Waals surface area contributed by atoms with Gasteiger partial charge in [0.1, 0.15) is 28.2 Å². The minimum absolute atomic E-state index is 0.0326. The molecule has 0 saturated heterocycles. The van der Waals surface area contributed by atoms with Gasteiger partial charge >= 0.3 is 0 Å². The first-order valence-electron chi connectivity index (χ1n) is 11.9. The molecule has 8 heteroatoms. The number of phenolic OH excluding ortho intramolecular Hbond substituents is 1. The van der Waals surface area contributed by atoms with Crippen LogP contribution in [0.1, 0.15) is 41.5 Å². The van der Waals surface area contributed by atoms with Crippen LogP contribution in [0.3, 0.4) is 0 Å². The van der Waals surface area contributed by atoms with Crippen molar-refractivity contribution >= 4 is 27.6 Å². The highest BCUT2D eigenvalue weighted by molar-refractivity contribution is 6.75. The van der Waals surface area contributed by atoms with Crippen molar-refractivity contribution in [1.82, 2.24) is 0 Å². The summed E-state index contributed by atoms with van der Waals surface area (Å²) in [6.45, 7) is 21.4. The van der Waals surface area contributed by atoms with E-state index in [9.17, 15) is 15.0 Å². The summed E-state index contributed by atoms with van der Waals surface area (Å²) in [6.07, 6.45) is 0. The molecule has 0 spiro atoms. The van der Waals surface area contributed by atoms with E-state index in [1.165, 1.54) is 6.07 Å². The largest absolute Gasteiger partial charge is 0.544 e. The Bertz CT molecular complexity index is 1290. The van der Waals surface area contributed by atoms with Crippen LogP contribution in [-0.2, 0) is 0 Å². The molecule has 0 amide bonds. The molecule has 0 unspecified atom stereocenters. The van der Waals surface area contributed by atoms with Gasteiger partial charge in [0, 0.05) is 17.7 Å². The molecule has 6 nitrogen and oxygen atoms in total. The molecule has 35 heavy (non-hydrogen) atoms. The summed E-state index contributed by atoms with van der Waals surface area (Å²) in [5, 5.41) is 21.1. The summed E-state index contributed by atoms with van der Waals surface area (Å²) in [4.78, 5) is 12.9. The fourth-order valence-electron chi connectivity index (χ4n) is 3.09. The zero-order chi connectivity index (χ0) is 26.6. The van der Waals surface area contributed by atoms with Crippen molar-refractivity contribution in [3.8, 4) is 34.3 Å². The Morgan fingerprint density at radius 1 is 0.771 bits per heavy atom. The zero-order valence-corrected chi connectivity index (χ0v) is 24.5. The van der Waals surface area contributed by atoms with Gasteiger partial charge in [0.05, 0.1) is 0 Å². The molecule has 0 atom stereocenters. The second kappa shape index (κ2) is 8.74. The van der Waals surface area contributed by atoms with Gasteiger partial charge in [0.25, 0.3) is 0 Å². The second-order valence-corrected chi connectivity index (χ2v) is 21.6. The topological polar surface area (TPSA) is 89.1 Å². The van der Waals surface area contributed by atoms with Crippen LogP contribution in [0.15, 0.2) is 45.6 Å². The van der Waals surface area contributed by atoms with Crippen molar-refractivity contribution in [3.05, 3.63) is 46.6 Å². The highest BCUT2D eigenvalue weighted by Crippen LogP contribution is 2.41. The molecule has 1 aromatic heterocycles. The van der Waals surface area contributed by atoms with Gasteiger partial charge < -0.3 is 23.5 Å². The zero-order valence-electron chi connectivity index (χ0n) is 22.5. The van der Waals surface area contributed by atoms with E-state index in [-0.39, 0.29) is 32.6 Å². The lowest BCUT2D eigenvalue weighted by Crippen LogP contribution is -2.43. The van der Waals surface area contributed by atoms with Crippen LogP contribution in [0.25, 0.3) is 22.3 Å². The first kappa shape index (κ1) is 26.9. The van der Waals surface area contributed by atoms with E-state index in [2.05, 4.69) is 67.7 Å². The van der Waals surface area contributed by atoms with E-state index in [0.29, 0.717) is 11.3 Å². The third-order valence-corrected chi connectivity index (χ3v) is 16.1. The van der Waals surface area contributed by atoms with Crippen LogP contribution in [0.5, 0.6) is 23.0 Å². The standard InChI is InChI=1S/C27H38O6Si2/c1-26(2,3)34(7,8)32-18-13-11-17(12-14-18)25-24(30)23(29)22-20(28)15-19(16-21(22)31-25)33-35(9,10)27(4,5)6/h11-16,28,30H,1-10H3. The first-order chi connectivity index (χ1) is 15.8. The SMILES string of the molecule is CC(C)(C)[Si](C)(C)Oc1ccc(-c2oc3cc(O[Si](C)(C)C(C)(C)C)cc(O)c3c(=O)c2O)cc1. The minimum Gasteiger partial charge on any atom is -0.544 e. The van der Waals surface area contributed by atoms with Gasteiger partial charge in [-0.1, -0.05) is 41.5 Å². The number of aromatic hydroxyl groups is 2. The van der Waals surface area contributed by atoms with Gasteiger partial charge in [-0.2, -0.15) is 0 Å². The number of phenols is 1. The molecule has 0 bridgehead atoms. The highest BCUT2D eigenvalue weighted by atomic mass is 28.4. The van der Waals surface area contributed by atoms with Gasteiger partial charge in [-0.3, -0.25) is 4.79 Å². The van der Waals surface area contributed by atoms with Crippen LogP contribution >= 0.6 is 0 Å². The quantitative estimate of drug-likeness (QED) is 0.340. The summed E-state index contributed by atoms with van der Waals surface area (Å²) >= 11 is 0. The molecule has 1 heterocycles. The number of hydrogen-bond acceptors (Lipinski definition) is 6.